The normalized spacial score (nSPS) is 17.0. The van der Waals surface area contributed by atoms with Crippen LogP contribution in [0.4, 0.5) is 5.95 Å². The van der Waals surface area contributed by atoms with Gasteiger partial charge in [-0.3, -0.25) is 0 Å². The van der Waals surface area contributed by atoms with Crippen molar-refractivity contribution in [2.24, 2.45) is 0 Å². The highest BCUT2D eigenvalue weighted by atomic mass is 127. The average Bonchev–Trinajstić information content (AvgIpc) is 2.59. The Morgan fingerprint density at radius 3 is 2.88 bits per heavy atom. The van der Waals surface area contributed by atoms with Crippen LogP contribution in [-0.4, -0.2) is 54.0 Å². The number of aromatic nitrogens is 3. The van der Waals surface area contributed by atoms with Crippen LogP contribution in [0, 0.1) is 3.57 Å². The lowest BCUT2D eigenvalue weighted by atomic mass is 10.1. The highest BCUT2D eigenvalue weighted by molar-refractivity contribution is 14.1. The number of halogens is 1. The molecule has 24 heavy (non-hydrogen) atoms. The molecule has 0 radical (unpaired) electrons. The average molecular weight is 444 g/mol. The predicted octanol–water partition coefficient (Wildman–Crippen LogP) is 2.63. The summed E-state index contributed by atoms with van der Waals surface area (Å²) < 4.78 is 17.5. The van der Waals surface area contributed by atoms with Crippen LogP contribution >= 0.6 is 22.6 Å². The van der Waals surface area contributed by atoms with E-state index in [1.807, 2.05) is 6.92 Å². The third kappa shape index (κ3) is 4.22. The van der Waals surface area contributed by atoms with Gasteiger partial charge in [-0.1, -0.05) is 0 Å². The molecule has 1 aliphatic heterocycles. The van der Waals surface area contributed by atoms with Crippen molar-refractivity contribution in [1.29, 1.82) is 0 Å². The monoisotopic (exact) mass is 444 g/mol. The lowest BCUT2D eigenvalue weighted by Crippen LogP contribution is -2.26. The van der Waals surface area contributed by atoms with Crippen LogP contribution in [-0.2, 0) is 9.47 Å². The highest BCUT2D eigenvalue weighted by Crippen LogP contribution is 2.28. The lowest BCUT2D eigenvalue weighted by Gasteiger charge is -2.23. The summed E-state index contributed by atoms with van der Waals surface area (Å²) in [6.45, 7) is 4.07. The Morgan fingerprint density at radius 2 is 2.12 bits per heavy atom. The minimum atomic E-state index is 0.130. The van der Waals surface area contributed by atoms with E-state index in [0.29, 0.717) is 18.4 Å². The summed E-state index contributed by atoms with van der Waals surface area (Å²) >= 11 is 2.23. The van der Waals surface area contributed by atoms with E-state index in [0.717, 1.165) is 40.5 Å². The first-order chi connectivity index (χ1) is 11.7. The van der Waals surface area contributed by atoms with Crippen molar-refractivity contribution in [2.75, 3.05) is 32.2 Å². The molecule has 7 nitrogen and oxygen atoms in total. The van der Waals surface area contributed by atoms with Gasteiger partial charge < -0.3 is 19.5 Å². The Hall–Kier alpha value is -1.26. The largest absolute Gasteiger partial charge is 0.474 e. The fourth-order valence-corrected chi connectivity index (χ4v) is 3.14. The molecule has 1 fully saturated rings. The zero-order valence-electron chi connectivity index (χ0n) is 13.8. The summed E-state index contributed by atoms with van der Waals surface area (Å²) in [5, 5.41) is 4.07. The van der Waals surface area contributed by atoms with E-state index in [1.165, 1.54) is 0 Å². The fourth-order valence-electron chi connectivity index (χ4n) is 2.59. The van der Waals surface area contributed by atoms with Gasteiger partial charge in [-0.05, 0) is 29.5 Å². The molecule has 0 amide bonds. The number of hydrogen-bond acceptors (Lipinski definition) is 7. The van der Waals surface area contributed by atoms with E-state index in [4.69, 9.17) is 14.2 Å². The maximum atomic E-state index is 6.07. The van der Waals surface area contributed by atoms with Gasteiger partial charge in [-0.15, -0.1) is 0 Å². The summed E-state index contributed by atoms with van der Waals surface area (Å²) in [4.78, 5) is 13.4. The van der Waals surface area contributed by atoms with Crippen LogP contribution in [0.25, 0.3) is 10.9 Å². The van der Waals surface area contributed by atoms with Crippen LogP contribution in [0.2, 0.25) is 0 Å². The second kappa shape index (κ2) is 8.21. The number of nitrogens with one attached hydrogen (secondary N) is 1. The van der Waals surface area contributed by atoms with Gasteiger partial charge in [0.25, 0.3) is 0 Å². The zero-order chi connectivity index (χ0) is 16.9. The van der Waals surface area contributed by atoms with Gasteiger partial charge >= 0.3 is 0 Å². The number of ether oxygens (including phenoxy) is 3. The topological polar surface area (TPSA) is 78.4 Å². The first-order valence-electron chi connectivity index (χ1n) is 7.98. The molecular formula is C16H21IN4O3. The van der Waals surface area contributed by atoms with Crippen molar-refractivity contribution in [3.8, 4) is 5.88 Å². The summed E-state index contributed by atoms with van der Waals surface area (Å²) in [7, 11) is 1.67. The quantitative estimate of drug-likeness (QED) is 0.687. The molecular weight excluding hydrogens is 423 g/mol. The van der Waals surface area contributed by atoms with E-state index in [-0.39, 0.29) is 12.1 Å². The van der Waals surface area contributed by atoms with Gasteiger partial charge in [0.2, 0.25) is 11.8 Å². The van der Waals surface area contributed by atoms with Crippen LogP contribution in [0.5, 0.6) is 5.88 Å². The Morgan fingerprint density at radius 1 is 1.33 bits per heavy atom. The highest BCUT2D eigenvalue weighted by Gasteiger charge is 2.19. The van der Waals surface area contributed by atoms with Crippen molar-refractivity contribution >= 4 is 39.4 Å². The number of pyridine rings is 1. The van der Waals surface area contributed by atoms with Crippen molar-refractivity contribution in [1.82, 2.24) is 15.0 Å². The van der Waals surface area contributed by atoms with Crippen molar-refractivity contribution < 1.29 is 14.2 Å². The number of anilines is 1. The van der Waals surface area contributed by atoms with Gasteiger partial charge in [0.05, 0.1) is 34.3 Å². The Labute approximate surface area is 154 Å². The second-order valence-electron chi connectivity index (χ2n) is 5.80. The molecule has 1 saturated heterocycles. The molecule has 1 aliphatic rings. The lowest BCUT2D eigenvalue weighted by molar-refractivity contribution is 0.0244. The van der Waals surface area contributed by atoms with Crippen LogP contribution < -0.4 is 10.1 Å². The zero-order valence-corrected chi connectivity index (χ0v) is 15.9. The minimum Gasteiger partial charge on any atom is -0.474 e. The van der Waals surface area contributed by atoms with Gasteiger partial charge in [-0.25, -0.2) is 15.0 Å². The maximum absolute atomic E-state index is 6.07. The first kappa shape index (κ1) is 17.6. The van der Waals surface area contributed by atoms with Crippen LogP contribution in [0.3, 0.4) is 0 Å². The minimum absolute atomic E-state index is 0.130. The molecule has 0 aliphatic carbocycles. The molecule has 0 aromatic carbocycles. The number of hydrogen-bond donors (Lipinski definition) is 1. The molecule has 8 heteroatoms. The van der Waals surface area contributed by atoms with Crippen molar-refractivity contribution in [2.45, 2.75) is 31.9 Å². The third-order valence-electron chi connectivity index (χ3n) is 3.78. The Balaban J connectivity index is 1.85. The Kier molecular flexibility index (Phi) is 6.01. The molecule has 2 aromatic heterocycles. The third-order valence-corrected chi connectivity index (χ3v) is 4.57. The summed E-state index contributed by atoms with van der Waals surface area (Å²) in [6.07, 6.45) is 5.45. The van der Waals surface area contributed by atoms with E-state index < -0.39 is 0 Å². The number of fused-ring (bicyclic) bond motifs is 1. The van der Waals surface area contributed by atoms with Crippen molar-refractivity contribution in [3.05, 3.63) is 16.0 Å². The predicted molar refractivity (Wildman–Crippen MR) is 99.5 cm³/mol. The summed E-state index contributed by atoms with van der Waals surface area (Å²) in [5.74, 6) is 1.17. The first-order valence-corrected chi connectivity index (χ1v) is 9.06. The molecule has 2 aromatic rings. The molecule has 3 heterocycles. The van der Waals surface area contributed by atoms with Gasteiger partial charge in [0.1, 0.15) is 6.10 Å². The number of nitrogens with zero attached hydrogens (tertiary/aromatic N) is 3. The molecule has 3 rings (SSSR count). The van der Waals surface area contributed by atoms with Crippen molar-refractivity contribution in [3.63, 3.8) is 0 Å². The molecule has 0 bridgehead atoms. The molecule has 1 N–H and O–H groups in total. The maximum Gasteiger partial charge on any atom is 0.224 e. The molecule has 1 atom stereocenters. The van der Waals surface area contributed by atoms with E-state index in [9.17, 15) is 0 Å². The molecule has 0 spiro atoms. The van der Waals surface area contributed by atoms with E-state index in [1.54, 1.807) is 19.5 Å². The van der Waals surface area contributed by atoms with Gasteiger partial charge in [-0.2, -0.15) is 0 Å². The van der Waals surface area contributed by atoms with Crippen LogP contribution in [0.1, 0.15) is 19.8 Å². The second-order valence-corrected chi connectivity index (χ2v) is 6.96. The molecule has 0 saturated carbocycles. The van der Waals surface area contributed by atoms with E-state index in [2.05, 4.69) is 42.9 Å². The summed E-state index contributed by atoms with van der Waals surface area (Å²) in [6, 6.07) is 0.130. The number of rotatable bonds is 6. The molecule has 0 unspecified atom stereocenters. The Bertz CT molecular complexity index is 694. The standard InChI is InChI=1S/C16H21IN4O3/c1-10(9-22-2)20-16-19-7-12-14(21-16)13(17)8-18-15(12)24-11-3-5-23-6-4-11/h7-8,10-11H,3-6,9H2,1-2H3,(H,19,20,21)/t10-/m0/s1. The van der Waals surface area contributed by atoms with Gasteiger partial charge in [0, 0.05) is 38.4 Å². The van der Waals surface area contributed by atoms with E-state index >= 15 is 0 Å². The SMILES string of the molecule is COC[C@H](C)Nc1ncc2c(OC3CCOCC3)ncc(I)c2n1. The summed E-state index contributed by atoms with van der Waals surface area (Å²) in [5.41, 5.74) is 0.842. The smallest absolute Gasteiger partial charge is 0.224 e. The molecule has 130 valence electrons. The van der Waals surface area contributed by atoms with Gasteiger partial charge in [0.15, 0.2) is 0 Å². The van der Waals surface area contributed by atoms with Crippen LogP contribution in [0.15, 0.2) is 12.4 Å². The number of methoxy groups -OCH3 is 1. The fraction of sp³-hybridized carbons (Fsp3) is 0.562.